The summed E-state index contributed by atoms with van der Waals surface area (Å²) in [7, 11) is 0. The zero-order chi connectivity index (χ0) is 13.0. The van der Waals surface area contributed by atoms with E-state index in [1.54, 1.807) is 0 Å². The number of nitrogens with two attached hydrogens (primary N) is 1. The van der Waals surface area contributed by atoms with E-state index in [1.807, 2.05) is 12.1 Å². The van der Waals surface area contributed by atoms with Crippen LogP contribution in [-0.2, 0) is 0 Å². The van der Waals surface area contributed by atoms with Gasteiger partial charge < -0.3 is 15.4 Å². The smallest absolute Gasteiger partial charge is 0.191 e. The number of guanidine groups is 1. The monoisotopic (exact) mass is 247 g/mol. The van der Waals surface area contributed by atoms with Crippen LogP contribution in [0.15, 0.2) is 29.3 Å². The number of hydrogen-bond donors (Lipinski definition) is 1. The lowest BCUT2D eigenvalue weighted by atomic mass is 10.1. The third kappa shape index (κ3) is 2.58. The van der Waals surface area contributed by atoms with E-state index >= 15 is 0 Å². The molecule has 1 unspecified atom stereocenters. The molecule has 0 radical (unpaired) electrons. The Morgan fingerprint density at radius 3 is 2.67 bits per heavy atom. The second-order valence-corrected chi connectivity index (χ2v) is 4.42. The van der Waals surface area contributed by atoms with E-state index in [0.717, 1.165) is 31.9 Å². The van der Waals surface area contributed by atoms with Gasteiger partial charge in [-0.25, -0.2) is 0 Å². The summed E-state index contributed by atoms with van der Waals surface area (Å²) in [6, 6.07) is 8.52. The van der Waals surface area contributed by atoms with Crippen LogP contribution in [0.3, 0.4) is 0 Å². The Labute approximate surface area is 108 Å². The highest BCUT2D eigenvalue weighted by Gasteiger charge is 2.25. The molecule has 0 spiro atoms. The molecule has 1 aromatic rings. The van der Waals surface area contributed by atoms with Crippen LogP contribution in [0.1, 0.15) is 31.9 Å². The minimum absolute atomic E-state index is 0.273. The van der Waals surface area contributed by atoms with E-state index in [0.29, 0.717) is 5.96 Å². The number of rotatable bonds is 5. The number of likely N-dealkylation sites (N-methyl/N-ethyl adjacent to an activating group) is 1. The quantitative estimate of drug-likeness (QED) is 0.867. The molecule has 1 atom stereocenters. The SMILES string of the molecule is CCCOc1ccc(C2CN=C(N)N2CC)cc1. The van der Waals surface area contributed by atoms with E-state index < -0.39 is 0 Å². The molecule has 0 bridgehead atoms. The average molecular weight is 247 g/mol. The average Bonchev–Trinajstić information content (AvgIpc) is 2.78. The normalized spacial score (nSPS) is 18.9. The summed E-state index contributed by atoms with van der Waals surface area (Å²) in [5.41, 5.74) is 7.10. The van der Waals surface area contributed by atoms with E-state index in [4.69, 9.17) is 10.5 Å². The van der Waals surface area contributed by atoms with Crippen LogP contribution in [0.2, 0.25) is 0 Å². The Kier molecular flexibility index (Phi) is 4.07. The Bertz CT molecular complexity index is 414. The van der Waals surface area contributed by atoms with Gasteiger partial charge in [0.25, 0.3) is 0 Å². The zero-order valence-electron chi connectivity index (χ0n) is 11.1. The van der Waals surface area contributed by atoms with Gasteiger partial charge >= 0.3 is 0 Å². The molecule has 4 heteroatoms. The maximum absolute atomic E-state index is 5.86. The van der Waals surface area contributed by atoms with Crippen molar-refractivity contribution >= 4 is 5.96 Å². The van der Waals surface area contributed by atoms with Gasteiger partial charge in [-0.15, -0.1) is 0 Å². The van der Waals surface area contributed by atoms with Crippen LogP contribution in [0.4, 0.5) is 0 Å². The van der Waals surface area contributed by atoms with Gasteiger partial charge in [-0.1, -0.05) is 19.1 Å². The fraction of sp³-hybridized carbons (Fsp3) is 0.500. The summed E-state index contributed by atoms with van der Waals surface area (Å²) >= 11 is 0. The van der Waals surface area contributed by atoms with Gasteiger partial charge in [0.15, 0.2) is 5.96 Å². The molecule has 1 aliphatic heterocycles. The van der Waals surface area contributed by atoms with Crippen molar-refractivity contribution < 1.29 is 4.74 Å². The molecule has 0 amide bonds. The van der Waals surface area contributed by atoms with Crippen molar-refractivity contribution in [2.75, 3.05) is 19.7 Å². The fourth-order valence-corrected chi connectivity index (χ4v) is 2.20. The van der Waals surface area contributed by atoms with Gasteiger partial charge in [0.2, 0.25) is 0 Å². The largest absolute Gasteiger partial charge is 0.494 e. The molecule has 1 aromatic carbocycles. The molecule has 0 saturated heterocycles. The highest BCUT2D eigenvalue weighted by molar-refractivity contribution is 5.80. The number of ether oxygens (including phenoxy) is 1. The molecule has 0 aliphatic carbocycles. The van der Waals surface area contributed by atoms with Crippen molar-refractivity contribution in [3.63, 3.8) is 0 Å². The highest BCUT2D eigenvalue weighted by Crippen LogP contribution is 2.26. The maximum atomic E-state index is 5.86. The Morgan fingerprint density at radius 2 is 2.06 bits per heavy atom. The first-order chi connectivity index (χ1) is 8.76. The van der Waals surface area contributed by atoms with Crippen LogP contribution >= 0.6 is 0 Å². The van der Waals surface area contributed by atoms with Gasteiger partial charge in [-0.2, -0.15) is 0 Å². The molecule has 1 heterocycles. The summed E-state index contributed by atoms with van der Waals surface area (Å²) in [5.74, 6) is 1.57. The summed E-state index contributed by atoms with van der Waals surface area (Å²) < 4.78 is 5.58. The topological polar surface area (TPSA) is 50.9 Å². The molecule has 2 rings (SSSR count). The lowest BCUT2D eigenvalue weighted by Gasteiger charge is -2.25. The molecule has 4 nitrogen and oxygen atoms in total. The maximum Gasteiger partial charge on any atom is 0.191 e. The second kappa shape index (κ2) is 5.76. The lowest BCUT2D eigenvalue weighted by molar-refractivity contribution is 0.316. The molecule has 0 aromatic heterocycles. The van der Waals surface area contributed by atoms with Gasteiger partial charge in [-0.3, -0.25) is 4.99 Å². The summed E-state index contributed by atoms with van der Waals surface area (Å²) in [5, 5.41) is 0. The van der Waals surface area contributed by atoms with Gasteiger partial charge in [0, 0.05) is 6.54 Å². The third-order valence-electron chi connectivity index (χ3n) is 3.18. The van der Waals surface area contributed by atoms with Crippen molar-refractivity contribution in [2.45, 2.75) is 26.3 Å². The van der Waals surface area contributed by atoms with Crippen LogP contribution < -0.4 is 10.5 Å². The van der Waals surface area contributed by atoms with Crippen molar-refractivity contribution in [1.29, 1.82) is 0 Å². The van der Waals surface area contributed by atoms with E-state index in [1.165, 1.54) is 5.56 Å². The van der Waals surface area contributed by atoms with Crippen LogP contribution in [-0.4, -0.2) is 30.6 Å². The van der Waals surface area contributed by atoms with Crippen LogP contribution in [0, 0.1) is 0 Å². The molecular weight excluding hydrogens is 226 g/mol. The number of hydrogen-bond acceptors (Lipinski definition) is 4. The molecule has 1 aliphatic rings. The Morgan fingerprint density at radius 1 is 1.33 bits per heavy atom. The van der Waals surface area contributed by atoms with E-state index in [9.17, 15) is 0 Å². The van der Waals surface area contributed by atoms with Gasteiger partial charge in [0.05, 0.1) is 19.2 Å². The van der Waals surface area contributed by atoms with Crippen molar-refractivity contribution in [1.82, 2.24) is 4.90 Å². The summed E-state index contributed by atoms with van der Waals surface area (Å²) in [6.45, 7) is 6.59. The number of aliphatic imine (C=N–C) groups is 1. The molecule has 0 fully saturated rings. The Balaban J connectivity index is 2.06. The standard InChI is InChI=1S/C14H21N3O/c1-3-9-18-12-7-5-11(6-8-12)13-10-16-14(15)17(13)4-2/h5-8,13H,3-4,9-10H2,1-2H3,(H2,15,16). The van der Waals surface area contributed by atoms with Gasteiger partial charge in [-0.05, 0) is 31.0 Å². The number of benzene rings is 1. The molecule has 2 N–H and O–H groups in total. The first-order valence-electron chi connectivity index (χ1n) is 6.55. The molecular formula is C14H21N3O. The first-order valence-corrected chi connectivity index (χ1v) is 6.55. The summed E-state index contributed by atoms with van der Waals surface area (Å²) in [6.07, 6.45) is 1.03. The molecule has 18 heavy (non-hydrogen) atoms. The van der Waals surface area contributed by atoms with E-state index in [-0.39, 0.29) is 6.04 Å². The van der Waals surface area contributed by atoms with Crippen LogP contribution in [0.25, 0.3) is 0 Å². The third-order valence-corrected chi connectivity index (χ3v) is 3.18. The van der Waals surface area contributed by atoms with Gasteiger partial charge in [0.1, 0.15) is 5.75 Å². The first kappa shape index (κ1) is 12.7. The summed E-state index contributed by atoms with van der Waals surface area (Å²) in [4.78, 5) is 6.43. The highest BCUT2D eigenvalue weighted by atomic mass is 16.5. The Hall–Kier alpha value is -1.71. The molecule has 98 valence electrons. The van der Waals surface area contributed by atoms with E-state index in [2.05, 4.69) is 35.9 Å². The molecule has 0 saturated carbocycles. The van der Waals surface area contributed by atoms with Crippen molar-refractivity contribution in [2.24, 2.45) is 10.7 Å². The predicted octanol–water partition coefficient (Wildman–Crippen LogP) is 2.17. The van der Waals surface area contributed by atoms with Crippen LogP contribution in [0.5, 0.6) is 5.75 Å². The number of nitrogens with zero attached hydrogens (tertiary/aromatic N) is 2. The fourth-order valence-electron chi connectivity index (χ4n) is 2.20. The predicted molar refractivity (Wildman–Crippen MR) is 73.8 cm³/mol. The zero-order valence-corrected chi connectivity index (χ0v) is 11.1. The second-order valence-electron chi connectivity index (χ2n) is 4.42. The lowest BCUT2D eigenvalue weighted by Crippen LogP contribution is -2.35. The van der Waals surface area contributed by atoms with Crippen molar-refractivity contribution in [3.05, 3.63) is 29.8 Å². The van der Waals surface area contributed by atoms with Crippen molar-refractivity contribution in [3.8, 4) is 5.75 Å². The minimum Gasteiger partial charge on any atom is -0.494 e. The minimum atomic E-state index is 0.273.